The zero-order valence-corrected chi connectivity index (χ0v) is 9.76. The van der Waals surface area contributed by atoms with E-state index in [1.807, 2.05) is 0 Å². The van der Waals surface area contributed by atoms with Crippen molar-refractivity contribution in [3.63, 3.8) is 0 Å². The van der Waals surface area contributed by atoms with Crippen LogP contribution in [0.1, 0.15) is 58.8 Å². The second-order valence-corrected chi connectivity index (χ2v) is 6.00. The molecule has 0 aromatic heterocycles. The van der Waals surface area contributed by atoms with E-state index in [4.69, 9.17) is 5.73 Å². The highest BCUT2D eigenvalue weighted by Gasteiger charge is 2.52. The van der Waals surface area contributed by atoms with E-state index in [9.17, 15) is 0 Å². The summed E-state index contributed by atoms with van der Waals surface area (Å²) < 4.78 is 0. The lowest BCUT2D eigenvalue weighted by Gasteiger charge is -2.25. The first-order chi connectivity index (χ1) is 6.62. The number of hydrogen-bond acceptors (Lipinski definition) is 1. The maximum Gasteiger partial charge on any atom is 0.0192 e. The van der Waals surface area contributed by atoms with Gasteiger partial charge in [0, 0.05) is 5.54 Å². The minimum Gasteiger partial charge on any atom is -0.325 e. The third-order valence-corrected chi connectivity index (χ3v) is 4.38. The quantitative estimate of drug-likeness (QED) is 0.734. The Labute approximate surface area is 88.4 Å². The summed E-state index contributed by atoms with van der Waals surface area (Å²) in [6.07, 6.45) is 9.87. The van der Waals surface area contributed by atoms with Crippen LogP contribution in [0.2, 0.25) is 0 Å². The summed E-state index contributed by atoms with van der Waals surface area (Å²) in [6.45, 7) is 4.64. The summed E-state index contributed by atoms with van der Waals surface area (Å²) in [4.78, 5) is 0. The lowest BCUT2D eigenvalue weighted by Crippen LogP contribution is -2.30. The molecule has 2 rings (SSSR count). The van der Waals surface area contributed by atoms with Gasteiger partial charge in [0.25, 0.3) is 0 Å². The molecular weight excluding hydrogens is 170 g/mol. The highest BCUT2D eigenvalue weighted by atomic mass is 14.9. The van der Waals surface area contributed by atoms with Crippen molar-refractivity contribution < 1.29 is 0 Å². The summed E-state index contributed by atoms with van der Waals surface area (Å²) in [7, 11) is 0. The number of rotatable bonds is 3. The van der Waals surface area contributed by atoms with Gasteiger partial charge in [-0.15, -0.1) is 0 Å². The lowest BCUT2D eigenvalue weighted by atomic mass is 9.83. The van der Waals surface area contributed by atoms with Gasteiger partial charge in [0.15, 0.2) is 0 Å². The molecule has 0 amide bonds. The summed E-state index contributed by atoms with van der Waals surface area (Å²) in [5.41, 5.74) is 6.67. The molecule has 0 radical (unpaired) electrons. The Bertz CT molecular complexity index is 193. The van der Waals surface area contributed by atoms with E-state index >= 15 is 0 Å². The van der Waals surface area contributed by atoms with Gasteiger partial charge in [0.05, 0.1) is 0 Å². The topological polar surface area (TPSA) is 26.0 Å². The largest absolute Gasteiger partial charge is 0.325 e. The smallest absolute Gasteiger partial charge is 0.0192 e. The fraction of sp³-hybridized carbons (Fsp3) is 1.00. The summed E-state index contributed by atoms with van der Waals surface area (Å²) in [6, 6.07) is 0. The van der Waals surface area contributed by atoms with Gasteiger partial charge in [-0.2, -0.15) is 0 Å². The monoisotopic (exact) mass is 195 g/mol. The Kier molecular flexibility index (Phi) is 2.88. The molecule has 2 fully saturated rings. The molecule has 2 unspecified atom stereocenters. The van der Waals surface area contributed by atoms with Gasteiger partial charge in [-0.05, 0) is 30.6 Å². The Morgan fingerprint density at radius 2 is 1.86 bits per heavy atom. The van der Waals surface area contributed by atoms with Crippen LogP contribution in [0.5, 0.6) is 0 Å². The third kappa shape index (κ3) is 2.13. The second kappa shape index (κ2) is 3.84. The molecule has 0 aliphatic heterocycles. The van der Waals surface area contributed by atoms with Gasteiger partial charge < -0.3 is 5.73 Å². The van der Waals surface area contributed by atoms with Gasteiger partial charge in [-0.3, -0.25) is 0 Å². The molecule has 2 aliphatic rings. The Morgan fingerprint density at radius 1 is 1.21 bits per heavy atom. The molecule has 14 heavy (non-hydrogen) atoms. The van der Waals surface area contributed by atoms with Crippen molar-refractivity contribution in [2.24, 2.45) is 23.5 Å². The van der Waals surface area contributed by atoms with Crippen LogP contribution >= 0.6 is 0 Å². The molecule has 0 heterocycles. The Hall–Kier alpha value is -0.0400. The standard InChI is InChI=1S/C13H25N/c1-10(2)12-9-13(12,14)8-11-6-4-3-5-7-11/h10-12H,3-9,14H2,1-2H3. The first-order valence-electron chi connectivity index (χ1n) is 6.41. The van der Waals surface area contributed by atoms with Gasteiger partial charge in [-0.1, -0.05) is 46.0 Å². The molecule has 0 saturated heterocycles. The molecule has 2 atom stereocenters. The highest BCUT2D eigenvalue weighted by Crippen LogP contribution is 2.51. The van der Waals surface area contributed by atoms with Gasteiger partial charge in [-0.25, -0.2) is 0 Å². The first kappa shape index (κ1) is 10.5. The average Bonchev–Trinajstić information content (AvgIpc) is 2.79. The number of hydrogen-bond donors (Lipinski definition) is 1. The fourth-order valence-corrected chi connectivity index (χ4v) is 3.41. The van der Waals surface area contributed by atoms with Crippen LogP contribution in [0.25, 0.3) is 0 Å². The van der Waals surface area contributed by atoms with Gasteiger partial charge in [0.2, 0.25) is 0 Å². The fourth-order valence-electron chi connectivity index (χ4n) is 3.41. The van der Waals surface area contributed by atoms with Crippen LogP contribution in [0, 0.1) is 17.8 Å². The van der Waals surface area contributed by atoms with Crippen LogP contribution in [-0.2, 0) is 0 Å². The maximum atomic E-state index is 6.42. The van der Waals surface area contributed by atoms with Crippen LogP contribution < -0.4 is 5.73 Å². The summed E-state index contributed by atoms with van der Waals surface area (Å²) in [5.74, 6) is 2.57. The van der Waals surface area contributed by atoms with Crippen LogP contribution in [0.15, 0.2) is 0 Å². The minimum absolute atomic E-state index is 0.246. The van der Waals surface area contributed by atoms with E-state index in [1.165, 1.54) is 44.9 Å². The number of nitrogens with two attached hydrogens (primary N) is 1. The molecule has 0 spiro atoms. The third-order valence-electron chi connectivity index (χ3n) is 4.38. The average molecular weight is 195 g/mol. The molecule has 2 N–H and O–H groups in total. The van der Waals surface area contributed by atoms with E-state index in [0.29, 0.717) is 0 Å². The van der Waals surface area contributed by atoms with Crippen molar-refractivity contribution in [2.45, 2.75) is 64.3 Å². The van der Waals surface area contributed by atoms with Crippen molar-refractivity contribution >= 4 is 0 Å². The van der Waals surface area contributed by atoms with E-state index in [1.54, 1.807) is 0 Å². The second-order valence-electron chi connectivity index (χ2n) is 6.00. The highest BCUT2D eigenvalue weighted by molar-refractivity contribution is 5.09. The lowest BCUT2D eigenvalue weighted by molar-refractivity contribution is 0.295. The zero-order valence-electron chi connectivity index (χ0n) is 9.76. The molecule has 2 saturated carbocycles. The van der Waals surface area contributed by atoms with Gasteiger partial charge >= 0.3 is 0 Å². The molecular formula is C13H25N. The van der Waals surface area contributed by atoms with E-state index in [2.05, 4.69) is 13.8 Å². The zero-order chi connectivity index (χ0) is 10.2. The minimum atomic E-state index is 0.246. The molecule has 1 heteroatoms. The van der Waals surface area contributed by atoms with E-state index in [-0.39, 0.29) is 5.54 Å². The van der Waals surface area contributed by atoms with Gasteiger partial charge in [0.1, 0.15) is 0 Å². The van der Waals surface area contributed by atoms with Crippen molar-refractivity contribution in [1.29, 1.82) is 0 Å². The van der Waals surface area contributed by atoms with Crippen LogP contribution in [0.4, 0.5) is 0 Å². The normalized spacial score (nSPS) is 39.0. The summed E-state index contributed by atoms with van der Waals surface area (Å²) in [5, 5.41) is 0. The predicted octanol–water partition coefficient (Wildman–Crippen LogP) is 3.33. The Morgan fingerprint density at radius 3 is 2.36 bits per heavy atom. The van der Waals surface area contributed by atoms with E-state index in [0.717, 1.165) is 17.8 Å². The van der Waals surface area contributed by atoms with Crippen molar-refractivity contribution in [3.05, 3.63) is 0 Å². The SMILES string of the molecule is CC(C)C1CC1(N)CC1CCCCC1. The van der Waals surface area contributed by atoms with E-state index < -0.39 is 0 Å². The molecule has 0 aromatic carbocycles. The van der Waals surface area contributed by atoms with Crippen LogP contribution in [-0.4, -0.2) is 5.54 Å². The molecule has 1 nitrogen and oxygen atoms in total. The van der Waals surface area contributed by atoms with Crippen molar-refractivity contribution in [3.8, 4) is 0 Å². The van der Waals surface area contributed by atoms with Crippen LogP contribution in [0.3, 0.4) is 0 Å². The molecule has 2 aliphatic carbocycles. The molecule has 0 bridgehead atoms. The molecule has 82 valence electrons. The maximum absolute atomic E-state index is 6.42. The van der Waals surface area contributed by atoms with Crippen molar-refractivity contribution in [2.75, 3.05) is 0 Å². The van der Waals surface area contributed by atoms with Crippen molar-refractivity contribution in [1.82, 2.24) is 0 Å². The molecule has 0 aromatic rings. The summed E-state index contributed by atoms with van der Waals surface area (Å²) >= 11 is 0. The predicted molar refractivity (Wildman–Crippen MR) is 61.1 cm³/mol. The Balaban J connectivity index is 1.80. The first-order valence-corrected chi connectivity index (χ1v) is 6.41.